The number of hydrogen-bond donors (Lipinski definition) is 1. The van der Waals surface area contributed by atoms with Gasteiger partial charge in [-0.05, 0) is 51.6 Å². The third kappa shape index (κ3) is 6.96. The van der Waals surface area contributed by atoms with Crippen molar-refractivity contribution >= 4 is 24.0 Å². The Kier molecular flexibility index (Phi) is 10.2. The number of rotatable bonds is 10. The van der Waals surface area contributed by atoms with Crippen LogP contribution in [0.5, 0.6) is 0 Å². The molecule has 0 atom stereocenters. The summed E-state index contributed by atoms with van der Waals surface area (Å²) in [6.07, 6.45) is 6.79. The number of aryl methyl sites for hydroxylation is 1. The molecule has 1 heterocycles. The largest absolute Gasteiger partial charge is 0.383 e. The minimum Gasteiger partial charge on any atom is -0.383 e. The lowest BCUT2D eigenvalue weighted by atomic mass is 10.1. The van der Waals surface area contributed by atoms with E-state index >= 15 is 0 Å². The number of amidine groups is 1. The maximum atomic E-state index is 14.6. The van der Waals surface area contributed by atoms with E-state index in [0.717, 1.165) is 47.6 Å². The first kappa shape index (κ1) is 26.2. The van der Waals surface area contributed by atoms with Crippen molar-refractivity contribution in [1.29, 1.82) is 0 Å². The molecule has 2 rings (SSSR count). The molecule has 1 N–H and O–H groups in total. The van der Waals surface area contributed by atoms with Crippen molar-refractivity contribution in [2.24, 2.45) is 15.0 Å². The maximum absolute atomic E-state index is 14.6. The molecule has 0 amide bonds. The van der Waals surface area contributed by atoms with Crippen LogP contribution >= 0.6 is 0 Å². The number of para-hydroxylation sites is 1. The quantitative estimate of drug-likeness (QED) is 0.391. The zero-order valence-electron chi connectivity index (χ0n) is 20.7. The van der Waals surface area contributed by atoms with E-state index in [1.165, 1.54) is 6.07 Å². The molecular formula is C26H37FN6. The molecule has 0 aliphatic carbocycles. The Hall–Kier alpha value is -3.06. The Labute approximate surface area is 198 Å². The number of halogens is 1. The van der Waals surface area contributed by atoms with Crippen molar-refractivity contribution in [2.75, 3.05) is 34.2 Å². The summed E-state index contributed by atoms with van der Waals surface area (Å²) in [5, 5.41) is 3.20. The highest BCUT2D eigenvalue weighted by atomic mass is 19.1. The van der Waals surface area contributed by atoms with E-state index < -0.39 is 0 Å². The van der Waals surface area contributed by atoms with E-state index in [1.54, 1.807) is 6.07 Å². The minimum atomic E-state index is -0.325. The average Bonchev–Trinajstić information content (AvgIpc) is 2.95. The Morgan fingerprint density at radius 2 is 2.06 bits per heavy atom. The minimum absolute atomic E-state index is 0.325. The third-order valence-corrected chi connectivity index (χ3v) is 5.37. The van der Waals surface area contributed by atoms with Crippen LogP contribution in [-0.4, -0.2) is 62.3 Å². The molecule has 0 saturated heterocycles. The SMILES string of the molecule is C=C/C(=C\N(C)C)C(CC)=NC1=C(N=C)CCCC(=Nc2c(C)cccc2F)N1CCNC. The predicted molar refractivity (Wildman–Crippen MR) is 139 cm³/mol. The number of nitrogens with zero attached hydrogens (tertiary/aromatic N) is 5. The van der Waals surface area contributed by atoms with Gasteiger partial charge in [-0.1, -0.05) is 31.7 Å². The Morgan fingerprint density at radius 3 is 2.64 bits per heavy atom. The van der Waals surface area contributed by atoms with Gasteiger partial charge in [0.15, 0.2) is 5.82 Å². The molecule has 33 heavy (non-hydrogen) atoms. The van der Waals surface area contributed by atoms with Crippen LogP contribution in [0.15, 0.2) is 69.1 Å². The van der Waals surface area contributed by atoms with Gasteiger partial charge in [0.2, 0.25) is 0 Å². The van der Waals surface area contributed by atoms with Crippen molar-refractivity contribution in [3.63, 3.8) is 0 Å². The molecule has 7 heteroatoms. The van der Waals surface area contributed by atoms with Gasteiger partial charge < -0.3 is 15.1 Å². The number of nitrogens with one attached hydrogen (secondary N) is 1. The third-order valence-electron chi connectivity index (χ3n) is 5.37. The second-order valence-electron chi connectivity index (χ2n) is 8.13. The lowest BCUT2D eigenvalue weighted by molar-refractivity contribution is 0.486. The van der Waals surface area contributed by atoms with Crippen LogP contribution in [0.2, 0.25) is 0 Å². The molecule has 0 spiro atoms. The topological polar surface area (TPSA) is 55.6 Å². The van der Waals surface area contributed by atoms with Gasteiger partial charge in [0, 0.05) is 45.4 Å². The van der Waals surface area contributed by atoms with Crippen LogP contribution in [0, 0.1) is 12.7 Å². The zero-order valence-corrected chi connectivity index (χ0v) is 20.7. The smallest absolute Gasteiger partial charge is 0.155 e. The van der Waals surface area contributed by atoms with Gasteiger partial charge >= 0.3 is 0 Å². The van der Waals surface area contributed by atoms with Crippen molar-refractivity contribution in [3.8, 4) is 0 Å². The molecular weight excluding hydrogens is 415 g/mol. The molecule has 0 saturated carbocycles. The van der Waals surface area contributed by atoms with Gasteiger partial charge in [-0.15, -0.1) is 0 Å². The van der Waals surface area contributed by atoms with Gasteiger partial charge in [-0.3, -0.25) is 4.99 Å². The van der Waals surface area contributed by atoms with Crippen molar-refractivity contribution in [1.82, 2.24) is 15.1 Å². The van der Waals surface area contributed by atoms with E-state index in [1.807, 2.05) is 51.3 Å². The molecule has 1 aliphatic rings. The first-order valence-corrected chi connectivity index (χ1v) is 11.4. The molecule has 0 aromatic heterocycles. The summed E-state index contributed by atoms with van der Waals surface area (Å²) in [6, 6.07) is 5.03. The van der Waals surface area contributed by atoms with Crippen molar-refractivity contribution < 1.29 is 4.39 Å². The Balaban J connectivity index is 2.71. The summed E-state index contributed by atoms with van der Waals surface area (Å²) in [4.78, 5) is 18.3. The number of benzene rings is 1. The number of likely N-dealkylation sites (N-methyl/N-ethyl adjacent to an activating group) is 1. The van der Waals surface area contributed by atoms with Crippen molar-refractivity contribution in [2.45, 2.75) is 39.5 Å². The second-order valence-corrected chi connectivity index (χ2v) is 8.13. The van der Waals surface area contributed by atoms with Gasteiger partial charge in [0.25, 0.3) is 0 Å². The van der Waals surface area contributed by atoms with Crippen LogP contribution in [-0.2, 0) is 0 Å². The van der Waals surface area contributed by atoms with Gasteiger partial charge in [-0.2, -0.15) is 0 Å². The van der Waals surface area contributed by atoms with E-state index in [0.29, 0.717) is 31.0 Å². The van der Waals surface area contributed by atoms with Crippen LogP contribution < -0.4 is 5.32 Å². The lowest BCUT2D eigenvalue weighted by Gasteiger charge is -2.27. The molecule has 0 fully saturated rings. The van der Waals surface area contributed by atoms with Gasteiger partial charge in [-0.25, -0.2) is 14.4 Å². The van der Waals surface area contributed by atoms with E-state index in [9.17, 15) is 4.39 Å². The summed E-state index contributed by atoms with van der Waals surface area (Å²) >= 11 is 0. The maximum Gasteiger partial charge on any atom is 0.155 e. The summed E-state index contributed by atoms with van der Waals surface area (Å²) in [5.74, 6) is 1.17. The van der Waals surface area contributed by atoms with Crippen molar-refractivity contribution in [3.05, 3.63) is 65.5 Å². The van der Waals surface area contributed by atoms with Crippen LogP contribution in [0.3, 0.4) is 0 Å². The highest BCUT2D eigenvalue weighted by Gasteiger charge is 2.24. The fourth-order valence-corrected chi connectivity index (χ4v) is 3.68. The van der Waals surface area contributed by atoms with E-state index in [-0.39, 0.29) is 5.82 Å². The molecule has 178 valence electrons. The first-order chi connectivity index (χ1) is 15.9. The first-order valence-electron chi connectivity index (χ1n) is 11.4. The summed E-state index contributed by atoms with van der Waals surface area (Å²) in [7, 11) is 5.85. The predicted octanol–water partition coefficient (Wildman–Crippen LogP) is 5.22. The molecule has 1 aliphatic heterocycles. The fourth-order valence-electron chi connectivity index (χ4n) is 3.68. The second kappa shape index (κ2) is 12.8. The summed E-state index contributed by atoms with van der Waals surface area (Å²) < 4.78 is 14.6. The summed E-state index contributed by atoms with van der Waals surface area (Å²) in [6.45, 7) is 13.1. The number of allylic oxidation sites excluding steroid dienone is 3. The van der Waals surface area contributed by atoms with Crippen LogP contribution in [0.1, 0.15) is 38.2 Å². The highest BCUT2D eigenvalue weighted by Crippen LogP contribution is 2.29. The fraction of sp³-hybridized carbons (Fsp3) is 0.423. The number of hydrogen-bond acceptors (Lipinski definition) is 5. The Bertz CT molecular complexity index is 951. The molecule has 1 aromatic carbocycles. The molecule has 0 unspecified atom stereocenters. The normalized spacial score (nSPS) is 16.8. The van der Waals surface area contributed by atoms with Gasteiger partial charge in [0.05, 0.1) is 11.4 Å². The lowest BCUT2D eigenvalue weighted by Crippen LogP contribution is -2.35. The monoisotopic (exact) mass is 452 g/mol. The molecule has 1 aromatic rings. The highest BCUT2D eigenvalue weighted by molar-refractivity contribution is 6.03. The molecule has 0 bridgehead atoms. The average molecular weight is 453 g/mol. The standard InChI is InChI=1S/C26H37FN6/c1-8-20(18-32(6)7)22(9-2)30-26-23(29-5)14-11-15-24(33(26)17-16-28-4)31-25-19(3)12-10-13-21(25)27/h8,10,12-13,18,28H,1,5,9,11,14-17H2,2-4,6-7H3/b20-18+,30-22?,31-24?. The Morgan fingerprint density at radius 1 is 1.30 bits per heavy atom. The molecule has 0 radical (unpaired) electrons. The molecule has 6 nitrogen and oxygen atoms in total. The van der Waals surface area contributed by atoms with Crippen LogP contribution in [0.4, 0.5) is 10.1 Å². The zero-order chi connectivity index (χ0) is 24.4. The van der Waals surface area contributed by atoms with Crippen LogP contribution in [0.25, 0.3) is 0 Å². The van der Waals surface area contributed by atoms with Gasteiger partial charge in [0.1, 0.15) is 17.3 Å². The van der Waals surface area contributed by atoms with E-state index in [4.69, 9.17) is 9.98 Å². The number of aliphatic imine (C=N–C) groups is 3. The summed E-state index contributed by atoms with van der Waals surface area (Å²) in [5.41, 5.74) is 3.83. The van der Waals surface area contributed by atoms with E-state index in [2.05, 4.69) is 35.4 Å².